The molecule has 2 aromatic carbocycles. The number of sulfonamides is 1. The van der Waals surface area contributed by atoms with Gasteiger partial charge in [-0.3, -0.25) is 5.10 Å². The molecule has 8 heteroatoms. The van der Waals surface area contributed by atoms with E-state index in [1.165, 1.54) is 11.6 Å². The van der Waals surface area contributed by atoms with Crippen LogP contribution in [0.3, 0.4) is 0 Å². The molecule has 0 aliphatic heterocycles. The highest BCUT2D eigenvalue weighted by Gasteiger charge is 2.17. The van der Waals surface area contributed by atoms with Gasteiger partial charge in [0.1, 0.15) is 5.82 Å². The zero-order chi connectivity index (χ0) is 19.4. The van der Waals surface area contributed by atoms with Crippen LogP contribution in [-0.2, 0) is 22.9 Å². The van der Waals surface area contributed by atoms with Crippen molar-refractivity contribution in [2.24, 2.45) is 0 Å². The number of aryl methyl sites for hydroxylation is 1. The summed E-state index contributed by atoms with van der Waals surface area (Å²) in [5, 5.41) is 7.49. The Morgan fingerprint density at radius 3 is 2.59 bits per heavy atom. The number of nitrogens with one attached hydrogen (secondary N) is 2. The number of halogens is 1. The standard InChI is InChI=1S/C19H21ClN4O2S/c1-13-6-8-15(9-7-13)12-19-22-18(23-24-19)10-11-21-27(25,26)17-5-3-4-16(20)14(17)2/h3-9,21H,10-12H2,1-2H3,(H,22,23,24). The maximum atomic E-state index is 12.5. The van der Waals surface area contributed by atoms with Crippen molar-refractivity contribution in [3.05, 3.63) is 75.8 Å². The second-order valence-corrected chi connectivity index (χ2v) is 8.51. The van der Waals surface area contributed by atoms with Crippen LogP contribution in [0.4, 0.5) is 0 Å². The second kappa shape index (κ2) is 8.21. The highest BCUT2D eigenvalue weighted by molar-refractivity contribution is 7.89. The molecule has 3 aromatic rings. The van der Waals surface area contributed by atoms with Crippen molar-refractivity contribution in [3.63, 3.8) is 0 Å². The lowest BCUT2D eigenvalue weighted by atomic mass is 10.1. The first-order valence-electron chi connectivity index (χ1n) is 8.55. The highest BCUT2D eigenvalue weighted by atomic mass is 35.5. The maximum absolute atomic E-state index is 12.5. The summed E-state index contributed by atoms with van der Waals surface area (Å²) in [6.07, 6.45) is 1.05. The molecule has 0 radical (unpaired) electrons. The van der Waals surface area contributed by atoms with Gasteiger partial charge in [-0.05, 0) is 37.1 Å². The Balaban J connectivity index is 1.58. The number of aromatic amines is 1. The molecule has 3 rings (SSSR count). The summed E-state index contributed by atoms with van der Waals surface area (Å²) in [7, 11) is -3.63. The minimum absolute atomic E-state index is 0.185. The molecular weight excluding hydrogens is 384 g/mol. The van der Waals surface area contributed by atoms with Gasteiger partial charge in [0.15, 0.2) is 5.82 Å². The van der Waals surface area contributed by atoms with E-state index in [-0.39, 0.29) is 11.4 Å². The molecule has 0 unspecified atom stereocenters. The lowest BCUT2D eigenvalue weighted by Gasteiger charge is -2.09. The fourth-order valence-electron chi connectivity index (χ4n) is 2.68. The van der Waals surface area contributed by atoms with E-state index in [4.69, 9.17) is 11.6 Å². The Morgan fingerprint density at radius 1 is 1.11 bits per heavy atom. The summed E-state index contributed by atoms with van der Waals surface area (Å²) < 4.78 is 27.5. The predicted molar refractivity (Wildman–Crippen MR) is 105 cm³/mol. The van der Waals surface area contributed by atoms with Gasteiger partial charge < -0.3 is 0 Å². The van der Waals surface area contributed by atoms with Gasteiger partial charge in [0.05, 0.1) is 4.90 Å². The van der Waals surface area contributed by atoms with Crippen LogP contribution < -0.4 is 4.72 Å². The Kier molecular flexibility index (Phi) is 5.94. The summed E-state index contributed by atoms with van der Waals surface area (Å²) in [4.78, 5) is 4.61. The molecule has 0 aliphatic rings. The lowest BCUT2D eigenvalue weighted by Crippen LogP contribution is -2.27. The van der Waals surface area contributed by atoms with Crippen molar-refractivity contribution in [2.75, 3.05) is 6.54 Å². The van der Waals surface area contributed by atoms with E-state index in [1.54, 1.807) is 19.1 Å². The van der Waals surface area contributed by atoms with Crippen molar-refractivity contribution >= 4 is 21.6 Å². The lowest BCUT2D eigenvalue weighted by molar-refractivity contribution is 0.580. The Bertz CT molecular complexity index is 1030. The van der Waals surface area contributed by atoms with Crippen LogP contribution in [0, 0.1) is 13.8 Å². The van der Waals surface area contributed by atoms with E-state index in [0.29, 0.717) is 29.3 Å². The molecule has 0 saturated heterocycles. The molecule has 0 atom stereocenters. The van der Waals surface area contributed by atoms with Crippen molar-refractivity contribution < 1.29 is 8.42 Å². The number of aromatic nitrogens is 3. The zero-order valence-electron chi connectivity index (χ0n) is 15.2. The molecule has 0 amide bonds. The first kappa shape index (κ1) is 19.5. The summed E-state index contributed by atoms with van der Waals surface area (Å²) >= 11 is 6.01. The molecular formula is C19H21ClN4O2S. The summed E-state index contributed by atoms with van der Waals surface area (Å²) in [5.41, 5.74) is 2.88. The van der Waals surface area contributed by atoms with Gasteiger partial charge in [-0.2, -0.15) is 5.10 Å². The van der Waals surface area contributed by atoms with Gasteiger partial charge in [0, 0.05) is 24.4 Å². The molecule has 0 saturated carbocycles. The van der Waals surface area contributed by atoms with Gasteiger partial charge in [0.25, 0.3) is 0 Å². The van der Waals surface area contributed by atoms with Gasteiger partial charge in [-0.25, -0.2) is 18.1 Å². The molecule has 0 fully saturated rings. The summed E-state index contributed by atoms with van der Waals surface area (Å²) in [5.74, 6) is 1.32. The summed E-state index contributed by atoms with van der Waals surface area (Å²) in [6.45, 7) is 3.93. The van der Waals surface area contributed by atoms with Crippen LogP contribution in [0.1, 0.15) is 28.3 Å². The van der Waals surface area contributed by atoms with Crippen LogP contribution >= 0.6 is 11.6 Å². The molecule has 1 heterocycles. The third kappa shape index (κ3) is 4.94. The van der Waals surface area contributed by atoms with Gasteiger partial charge in [-0.15, -0.1) is 0 Å². The number of H-pyrrole nitrogens is 1. The molecule has 2 N–H and O–H groups in total. The van der Waals surface area contributed by atoms with Crippen LogP contribution in [-0.4, -0.2) is 30.1 Å². The van der Waals surface area contributed by atoms with Gasteiger partial charge in [-0.1, -0.05) is 47.5 Å². The quantitative estimate of drug-likeness (QED) is 0.633. The number of benzene rings is 2. The van der Waals surface area contributed by atoms with Crippen LogP contribution in [0.2, 0.25) is 5.02 Å². The first-order valence-corrected chi connectivity index (χ1v) is 10.4. The van der Waals surface area contributed by atoms with Crippen molar-refractivity contribution in [1.29, 1.82) is 0 Å². The normalized spacial score (nSPS) is 11.7. The van der Waals surface area contributed by atoms with Crippen LogP contribution in [0.15, 0.2) is 47.4 Å². The molecule has 0 spiro atoms. The number of hydrogen-bond donors (Lipinski definition) is 2. The van der Waals surface area contributed by atoms with E-state index >= 15 is 0 Å². The molecule has 142 valence electrons. The highest BCUT2D eigenvalue weighted by Crippen LogP contribution is 2.22. The smallest absolute Gasteiger partial charge is 0.240 e. The third-order valence-corrected chi connectivity index (χ3v) is 6.23. The van der Waals surface area contributed by atoms with Crippen molar-refractivity contribution in [1.82, 2.24) is 19.9 Å². The number of nitrogens with zero attached hydrogens (tertiary/aromatic N) is 2. The average Bonchev–Trinajstić information content (AvgIpc) is 3.06. The first-order chi connectivity index (χ1) is 12.8. The topological polar surface area (TPSA) is 87.7 Å². The second-order valence-electron chi connectivity index (χ2n) is 6.37. The predicted octanol–water partition coefficient (Wildman–Crippen LogP) is 3.19. The van der Waals surface area contributed by atoms with E-state index in [9.17, 15) is 8.42 Å². The van der Waals surface area contributed by atoms with E-state index in [2.05, 4.69) is 44.2 Å². The third-order valence-electron chi connectivity index (χ3n) is 4.22. The number of hydrogen-bond acceptors (Lipinski definition) is 4. The molecule has 6 nitrogen and oxygen atoms in total. The molecule has 27 heavy (non-hydrogen) atoms. The molecule has 0 aliphatic carbocycles. The zero-order valence-corrected chi connectivity index (χ0v) is 16.7. The maximum Gasteiger partial charge on any atom is 0.240 e. The van der Waals surface area contributed by atoms with Crippen molar-refractivity contribution in [3.8, 4) is 0 Å². The van der Waals surface area contributed by atoms with Gasteiger partial charge >= 0.3 is 0 Å². The van der Waals surface area contributed by atoms with Crippen molar-refractivity contribution in [2.45, 2.75) is 31.6 Å². The molecule has 1 aromatic heterocycles. The van der Waals surface area contributed by atoms with E-state index in [0.717, 1.165) is 11.4 Å². The van der Waals surface area contributed by atoms with Crippen LogP contribution in [0.5, 0.6) is 0 Å². The fourth-order valence-corrected chi connectivity index (χ4v) is 4.21. The van der Waals surface area contributed by atoms with E-state index < -0.39 is 10.0 Å². The Labute approximate surface area is 164 Å². The largest absolute Gasteiger partial charge is 0.263 e. The monoisotopic (exact) mass is 404 g/mol. The number of rotatable bonds is 7. The minimum Gasteiger partial charge on any atom is -0.263 e. The van der Waals surface area contributed by atoms with Crippen LogP contribution in [0.25, 0.3) is 0 Å². The molecule has 0 bridgehead atoms. The SMILES string of the molecule is Cc1ccc(Cc2nc(CCNS(=O)(=O)c3cccc(Cl)c3C)n[nH]2)cc1. The summed E-state index contributed by atoms with van der Waals surface area (Å²) in [6, 6.07) is 13.0. The Hall–Kier alpha value is -2.22. The minimum atomic E-state index is -3.63. The average molecular weight is 405 g/mol. The Morgan fingerprint density at radius 2 is 1.85 bits per heavy atom. The van der Waals surface area contributed by atoms with Gasteiger partial charge in [0.2, 0.25) is 10.0 Å². The fraction of sp³-hybridized carbons (Fsp3) is 0.263. The van der Waals surface area contributed by atoms with E-state index in [1.807, 2.05) is 6.92 Å².